The fourth-order valence-corrected chi connectivity index (χ4v) is 3.65. The third-order valence-electron chi connectivity index (χ3n) is 3.96. The molecule has 124 valence electrons. The van der Waals surface area contributed by atoms with Crippen LogP contribution in [0.4, 0.5) is 5.13 Å². The van der Waals surface area contributed by atoms with E-state index in [2.05, 4.69) is 26.2 Å². The first kappa shape index (κ1) is 16.9. The second-order valence-corrected chi connectivity index (χ2v) is 7.30. The Hall–Kier alpha value is -1.99. The normalized spacial score (nSPS) is 19.9. The summed E-state index contributed by atoms with van der Waals surface area (Å²) in [5, 5.41) is 14.4. The number of allylic oxidation sites excluding steroid dienone is 2. The van der Waals surface area contributed by atoms with E-state index in [1.54, 1.807) is 0 Å². The number of nitrogens with zero attached hydrogens (tertiary/aromatic N) is 1. The lowest BCUT2D eigenvalue weighted by Gasteiger charge is -2.23. The second kappa shape index (κ2) is 7.27. The van der Waals surface area contributed by atoms with Crippen molar-refractivity contribution in [3.8, 4) is 11.3 Å². The van der Waals surface area contributed by atoms with Gasteiger partial charge in [-0.3, -0.25) is 9.59 Å². The molecule has 1 heterocycles. The molecule has 0 fully saturated rings. The molecule has 3 rings (SSSR count). The lowest BCUT2D eigenvalue weighted by molar-refractivity contribution is -0.146. The predicted molar refractivity (Wildman–Crippen MR) is 96.9 cm³/mol. The minimum atomic E-state index is -0.936. The van der Waals surface area contributed by atoms with Crippen LogP contribution in [0.3, 0.4) is 0 Å². The number of hydrogen-bond donors (Lipinski definition) is 2. The van der Waals surface area contributed by atoms with Crippen LogP contribution in [0.15, 0.2) is 46.3 Å². The summed E-state index contributed by atoms with van der Waals surface area (Å²) in [5.74, 6) is -2.47. The van der Waals surface area contributed by atoms with E-state index >= 15 is 0 Å². The van der Waals surface area contributed by atoms with Gasteiger partial charge in [-0.25, -0.2) is 4.98 Å². The van der Waals surface area contributed by atoms with E-state index in [-0.39, 0.29) is 5.91 Å². The van der Waals surface area contributed by atoms with Crippen LogP contribution in [0, 0.1) is 11.8 Å². The molecule has 0 saturated carbocycles. The SMILES string of the molecule is O=C(Nc1nc(-c2ccc(Br)cc2)cs1)[C@H]1CC=CC[C@H]1C(=O)O. The summed E-state index contributed by atoms with van der Waals surface area (Å²) in [6.07, 6.45) is 4.50. The molecular weight excluding hydrogens is 392 g/mol. The van der Waals surface area contributed by atoms with Crippen LogP contribution >= 0.6 is 27.3 Å². The number of aliphatic carboxylic acids is 1. The first-order chi connectivity index (χ1) is 11.5. The van der Waals surface area contributed by atoms with E-state index in [0.717, 1.165) is 15.7 Å². The van der Waals surface area contributed by atoms with Gasteiger partial charge in [0.05, 0.1) is 17.5 Å². The van der Waals surface area contributed by atoms with Crippen molar-refractivity contribution in [2.45, 2.75) is 12.8 Å². The van der Waals surface area contributed by atoms with Gasteiger partial charge < -0.3 is 10.4 Å². The van der Waals surface area contributed by atoms with Gasteiger partial charge in [0, 0.05) is 15.4 Å². The van der Waals surface area contributed by atoms with E-state index in [1.165, 1.54) is 11.3 Å². The van der Waals surface area contributed by atoms with E-state index in [9.17, 15) is 14.7 Å². The van der Waals surface area contributed by atoms with Gasteiger partial charge in [-0.2, -0.15) is 0 Å². The molecule has 24 heavy (non-hydrogen) atoms. The van der Waals surface area contributed by atoms with E-state index in [4.69, 9.17) is 0 Å². The number of aromatic nitrogens is 1. The highest BCUT2D eigenvalue weighted by Crippen LogP contribution is 2.29. The number of benzene rings is 1. The molecule has 1 amide bonds. The highest BCUT2D eigenvalue weighted by atomic mass is 79.9. The maximum absolute atomic E-state index is 12.4. The molecule has 0 spiro atoms. The smallest absolute Gasteiger partial charge is 0.307 e. The highest BCUT2D eigenvalue weighted by Gasteiger charge is 2.34. The van der Waals surface area contributed by atoms with Crippen molar-refractivity contribution in [1.82, 2.24) is 4.98 Å². The highest BCUT2D eigenvalue weighted by molar-refractivity contribution is 9.10. The van der Waals surface area contributed by atoms with Crippen LogP contribution in [-0.4, -0.2) is 22.0 Å². The number of carboxylic acid groups (broad SMARTS) is 1. The molecule has 1 aromatic heterocycles. The van der Waals surface area contributed by atoms with E-state index in [1.807, 2.05) is 41.8 Å². The Labute approximate surface area is 151 Å². The topological polar surface area (TPSA) is 79.3 Å². The summed E-state index contributed by atoms with van der Waals surface area (Å²) in [4.78, 5) is 28.2. The van der Waals surface area contributed by atoms with E-state index < -0.39 is 17.8 Å². The maximum atomic E-state index is 12.4. The molecule has 1 aliphatic carbocycles. The number of nitrogens with one attached hydrogen (secondary N) is 1. The zero-order valence-corrected chi connectivity index (χ0v) is 15.0. The van der Waals surface area contributed by atoms with Crippen molar-refractivity contribution in [2.24, 2.45) is 11.8 Å². The van der Waals surface area contributed by atoms with Gasteiger partial charge in [-0.15, -0.1) is 11.3 Å². The number of carbonyl (C=O) groups is 2. The van der Waals surface area contributed by atoms with Crippen LogP contribution in [0.2, 0.25) is 0 Å². The van der Waals surface area contributed by atoms with Gasteiger partial charge >= 0.3 is 5.97 Å². The number of halogens is 1. The predicted octanol–water partition coefficient (Wildman–Crippen LogP) is 4.18. The number of rotatable bonds is 4. The minimum absolute atomic E-state index is 0.288. The van der Waals surface area contributed by atoms with Crippen molar-refractivity contribution in [3.63, 3.8) is 0 Å². The van der Waals surface area contributed by atoms with Gasteiger partial charge in [0.15, 0.2) is 5.13 Å². The maximum Gasteiger partial charge on any atom is 0.307 e. The zero-order chi connectivity index (χ0) is 17.1. The number of thiazole rings is 1. The Morgan fingerprint density at radius 1 is 1.17 bits per heavy atom. The fraction of sp³-hybridized carbons (Fsp3) is 0.235. The molecule has 7 heteroatoms. The quantitative estimate of drug-likeness (QED) is 0.746. The van der Waals surface area contributed by atoms with Crippen LogP contribution < -0.4 is 5.32 Å². The minimum Gasteiger partial charge on any atom is -0.481 e. The molecule has 0 radical (unpaired) electrons. The molecule has 1 aromatic carbocycles. The van der Waals surface area contributed by atoms with Crippen LogP contribution in [0.1, 0.15) is 12.8 Å². The Morgan fingerprint density at radius 2 is 1.83 bits per heavy atom. The molecule has 1 aliphatic rings. The largest absolute Gasteiger partial charge is 0.481 e. The molecule has 0 saturated heterocycles. The Morgan fingerprint density at radius 3 is 2.50 bits per heavy atom. The monoisotopic (exact) mass is 406 g/mol. The summed E-state index contributed by atoms with van der Waals surface area (Å²) in [5.41, 5.74) is 1.74. The number of anilines is 1. The van der Waals surface area contributed by atoms with Gasteiger partial charge in [0.1, 0.15) is 0 Å². The summed E-state index contributed by atoms with van der Waals surface area (Å²) in [6, 6.07) is 7.74. The summed E-state index contributed by atoms with van der Waals surface area (Å²) in [7, 11) is 0. The van der Waals surface area contributed by atoms with Crippen molar-refractivity contribution in [1.29, 1.82) is 0 Å². The van der Waals surface area contributed by atoms with Gasteiger partial charge in [0.25, 0.3) is 0 Å². The van der Waals surface area contributed by atoms with Gasteiger partial charge in [0.2, 0.25) is 5.91 Å². The molecule has 2 aromatic rings. The van der Waals surface area contributed by atoms with Crippen LogP contribution in [0.5, 0.6) is 0 Å². The lowest BCUT2D eigenvalue weighted by atomic mass is 9.82. The number of carbonyl (C=O) groups excluding carboxylic acids is 1. The van der Waals surface area contributed by atoms with E-state index in [0.29, 0.717) is 18.0 Å². The molecule has 2 atom stereocenters. The number of amides is 1. The average molecular weight is 407 g/mol. The Kier molecular flexibility index (Phi) is 5.11. The molecule has 2 N–H and O–H groups in total. The fourth-order valence-electron chi connectivity index (χ4n) is 2.66. The van der Waals surface area contributed by atoms with Crippen LogP contribution in [0.25, 0.3) is 11.3 Å². The Bertz CT molecular complexity index is 785. The Balaban J connectivity index is 1.72. The summed E-state index contributed by atoms with van der Waals surface area (Å²) < 4.78 is 0.986. The van der Waals surface area contributed by atoms with Gasteiger partial charge in [-0.1, -0.05) is 40.2 Å². The number of hydrogen-bond acceptors (Lipinski definition) is 4. The third-order valence-corrected chi connectivity index (χ3v) is 5.25. The molecular formula is C17H15BrN2O3S. The molecule has 0 unspecified atom stereocenters. The first-order valence-corrected chi connectivity index (χ1v) is 9.12. The van der Waals surface area contributed by atoms with Crippen molar-refractivity contribution in [3.05, 3.63) is 46.3 Å². The van der Waals surface area contributed by atoms with Crippen molar-refractivity contribution in [2.75, 3.05) is 5.32 Å². The third kappa shape index (κ3) is 3.73. The zero-order valence-electron chi connectivity index (χ0n) is 12.6. The average Bonchev–Trinajstić information content (AvgIpc) is 3.04. The molecule has 0 bridgehead atoms. The first-order valence-electron chi connectivity index (χ1n) is 7.44. The lowest BCUT2D eigenvalue weighted by Crippen LogP contribution is -2.34. The summed E-state index contributed by atoms with van der Waals surface area (Å²) >= 11 is 4.72. The summed E-state index contributed by atoms with van der Waals surface area (Å²) in [6.45, 7) is 0. The van der Waals surface area contributed by atoms with Crippen molar-refractivity contribution < 1.29 is 14.7 Å². The molecule has 5 nitrogen and oxygen atoms in total. The van der Waals surface area contributed by atoms with Crippen molar-refractivity contribution >= 4 is 44.3 Å². The molecule has 0 aliphatic heterocycles. The van der Waals surface area contributed by atoms with Crippen LogP contribution in [-0.2, 0) is 9.59 Å². The second-order valence-electron chi connectivity index (χ2n) is 5.53. The van der Waals surface area contributed by atoms with Gasteiger partial charge in [-0.05, 0) is 25.0 Å². The number of carboxylic acids is 1. The standard InChI is InChI=1S/C17H15BrN2O3S/c18-11-7-5-10(6-8-11)14-9-24-17(19-14)20-15(21)12-3-1-2-4-13(12)16(22)23/h1-2,5-9,12-13H,3-4H2,(H,22,23)(H,19,20,21)/t12-,13+/m0/s1.